The summed E-state index contributed by atoms with van der Waals surface area (Å²) >= 11 is 0. The molecule has 2 aromatic rings. The van der Waals surface area contributed by atoms with Crippen molar-refractivity contribution in [2.75, 3.05) is 6.54 Å². The molecule has 1 heterocycles. The first-order valence-electron chi connectivity index (χ1n) is 6.13. The Kier molecular flexibility index (Phi) is 2.83. The maximum atomic E-state index is 10.7. The summed E-state index contributed by atoms with van der Waals surface area (Å²) in [7, 11) is 0. The second-order valence-electron chi connectivity index (χ2n) is 4.44. The number of non-ortho nitro benzene ring substituents is 1. The molecule has 94 valence electrons. The second kappa shape index (κ2) is 4.65. The molecule has 0 N–H and O–H groups in total. The SMILES string of the molecule is O=[N+]([O-])c1ccc(C2=NCCc3ccccc32)cc1. The zero-order valence-electron chi connectivity index (χ0n) is 10.2. The fraction of sp³-hybridized carbons (Fsp3) is 0.133. The molecule has 0 spiro atoms. The Morgan fingerprint density at radius 2 is 1.79 bits per heavy atom. The van der Waals surface area contributed by atoms with E-state index >= 15 is 0 Å². The van der Waals surface area contributed by atoms with Crippen molar-refractivity contribution >= 4 is 11.4 Å². The normalized spacial score (nSPS) is 13.6. The smallest absolute Gasteiger partial charge is 0.269 e. The number of fused-ring (bicyclic) bond motifs is 1. The molecule has 0 fully saturated rings. The van der Waals surface area contributed by atoms with E-state index in [1.807, 2.05) is 12.1 Å². The minimum absolute atomic E-state index is 0.105. The molecule has 1 aliphatic heterocycles. The highest BCUT2D eigenvalue weighted by Gasteiger charge is 2.15. The Bertz CT molecular complexity index is 660. The summed E-state index contributed by atoms with van der Waals surface area (Å²) in [6.45, 7) is 0.767. The Morgan fingerprint density at radius 1 is 1.05 bits per heavy atom. The molecule has 0 amide bonds. The van der Waals surface area contributed by atoms with Crippen LogP contribution >= 0.6 is 0 Å². The largest absolute Gasteiger partial charge is 0.284 e. The Labute approximate surface area is 110 Å². The van der Waals surface area contributed by atoms with Crippen molar-refractivity contribution < 1.29 is 4.92 Å². The van der Waals surface area contributed by atoms with Crippen LogP contribution in [0.4, 0.5) is 5.69 Å². The standard InChI is InChI=1S/C15H12N2O2/c18-17(19)13-7-5-12(6-8-13)15-14-4-2-1-3-11(14)9-10-16-15/h1-8H,9-10H2. The average Bonchev–Trinajstić information content (AvgIpc) is 2.47. The highest BCUT2D eigenvalue weighted by molar-refractivity contribution is 6.14. The maximum absolute atomic E-state index is 10.7. The van der Waals surface area contributed by atoms with Crippen LogP contribution in [0.25, 0.3) is 0 Å². The number of hydrogen-bond acceptors (Lipinski definition) is 3. The molecule has 0 bridgehead atoms. The highest BCUT2D eigenvalue weighted by Crippen LogP contribution is 2.21. The number of nitro benzene ring substituents is 1. The average molecular weight is 252 g/mol. The fourth-order valence-electron chi connectivity index (χ4n) is 2.33. The van der Waals surface area contributed by atoms with Crippen LogP contribution in [0.1, 0.15) is 16.7 Å². The van der Waals surface area contributed by atoms with Gasteiger partial charge in [0, 0.05) is 29.8 Å². The predicted molar refractivity (Wildman–Crippen MR) is 73.7 cm³/mol. The lowest BCUT2D eigenvalue weighted by Gasteiger charge is -2.16. The van der Waals surface area contributed by atoms with Crippen molar-refractivity contribution in [3.8, 4) is 0 Å². The van der Waals surface area contributed by atoms with Crippen LogP contribution < -0.4 is 0 Å². The number of rotatable bonds is 2. The van der Waals surface area contributed by atoms with E-state index in [9.17, 15) is 10.1 Å². The Hall–Kier alpha value is -2.49. The van der Waals surface area contributed by atoms with Crippen molar-refractivity contribution in [1.29, 1.82) is 0 Å². The summed E-state index contributed by atoms with van der Waals surface area (Å²) in [5.41, 5.74) is 4.37. The summed E-state index contributed by atoms with van der Waals surface area (Å²) in [4.78, 5) is 14.8. The van der Waals surface area contributed by atoms with Gasteiger partial charge in [0.05, 0.1) is 10.6 Å². The molecule has 0 saturated heterocycles. The van der Waals surface area contributed by atoms with Gasteiger partial charge in [0.2, 0.25) is 0 Å². The summed E-state index contributed by atoms with van der Waals surface area (Å²) in [5.74, 6) is 0. The number of aliphatic imine (C=N–C) groups is 1. The van der Waals surface area contributed by atoms with Crippen molar-refractivity contribution in [3.63, 3.8) is 0 Å². The van der Waals surface area contributed by atoms with Crippen molar-refractivity contribution in [1.82, 2.24) is 0 Å². The van der Waals surface area contributed by atoms with Crippen molar-refractivity contribution in [3.05, 3.63) is 75.3 Å². The molecule has 0 radical (unpaired) electrons. The van der Waals surface area contributed by atoms with Gasteiger partial charge in [-0.25, -0.2) is 0 Å². The van der Waals surface area contributed by atoms with E-state index in [-0.39, 0.29) is 10.6 Å². The van der Waals surface area contributed by atoms with Gasteiger partial charge in [0.1, 0.15) is 0 Å². The van der Waals surface area contributed by atoms with Gasteiger partial charge in [-0.2, -0.15) is 0 Å². The van der Waals surface area contributed by atoms with Gasteiger partial charge in [-0.3, -0.25) is 15.1 Å². The number of benzene rings is 2. The van der Waals surface area contributed by atoms with Crippen LogP contribution in [0.3, 0.4) is 0 Å². The Morgan fingerprint density at radius 3 is 2.53 bits per heavy atom. The third-order valence-electron chi connectivity index (χ3n) is 3.28. The molecule has 0 aromatic heterocycles. The van der Waals surface area contributed by atoms with Crippen LogP contribution in [0.2, 0.25) is 0 Å². The predicted octanol–water partition coefficient (Wildman–Crippen LogP) is 2.99. The lowest BCUT2D eigenvalue weighted by Crippen LogP contribution is -2.13. The molecule has 0 atom stereocenters. The molecular weight excluding hydrogens is 240 g/mol. The van der Waals surface area contributed by atoms with E-state index in [2.05, 4.69) is 17.1 Å². The van der Waals surface area contributed by atoms with Crippen LogP contribution in [-0.2, 0) is 6.42 Å². The van der Waals surface area contributed by atoms with Gasteiger partial charge in [0.25, 0.3) is 5.69 Å². The highest BCUT2D eigenvalue weighted by atomic mass is 16.6. The minimum atomic E-state index is -0.388. The number of nitro groups is 1. The molecule has 4 nitrogen and oxygen atoms in total. The lowest BCUT2D eigenvalue weighted by atomic mass is 9.93. The summed E-state index contributed by atoms with van der Waals surface area (Å²) < 4.78 is 0. The summed E-state index contributed by atoms with van der Waals surface area (Å²) in [5, 5.41) is 10.7. The van der Waals surface area contributed by atoms with Gasteiger partial charge in [0.15, 0.2) is 0 Å². The topological polar surface area (TPSA) is 55.5 Å². The number of nitrogens with zero attached hydrogens (tertiary/aromatic N) is 2. The van der Waals surface area contributed by atoms with Crippen LogP contribution in [0.5, 0.6) is 0 Å². The Balaban J connectivity index is 2.03. The number of hydrogen-bond donors (Lipinski definition) is 0. The molecule has 0 unspecified atom stereocenters. The second-order valence-corrected chi connectivity index (χ2v) is 4.44. The fourth-order valence-corrected chi connectivity index (χ4v) is 2.33. The molecular formula is C15H12N2O2. The quantitative estimate of drug-likeness (QED) is 0.609. The first-order valence-corrected chi connectivity index (χ1v) is 6.13. The molecule has 2 aromatic carbocycles. The molecule has 4 heteroatoms. The maximum Gasteiger partial charge on any atom is 0.269 e. The zero-order valence-corrected chi connectivity index (χ0v) is 10.2. The molecule has 19 heavy (non-hydrogen) atoms. The first-order chi connectivity index (χ1) is 9.25. The molecule has 1 aliphatic rings. The van der Waals surface area contributed by atoms with Crippen LogP contribution in [-0.4, -0.2) is 17.2 Å². The van der Waals surface area contributed by atoms with Gasteiger partial charge < -0.3 is 0 Å². The van der Waals surface area contributed by atoms with Gasteiger partial charge in [-0.1, -0.05) is 24.3 Å². The zero-order chi connectivity index (χ0) is 13.2. The summed E-state index contributed by atoms with van der Waals surface area (Å²) in [6, 6.07) is 14.7. The van der Waals surface area contributed by atoms with Gasteiger partial charge in [-0.05, 0) is 24.1 Å². The molecule has 0 aliphatic carbocycles. The lowest BCUT2D eigenvalue weighted by molar-refractivity contribution is -0.384. The van der Waals surface area contributed by atoms with Crippen LogP contribution in [0, 0.1) is 10.1 Å². The van der Waals surface area contributed by atoms with Crippen molar-refractivity contribution in [2.45, 2.75) is 6.42 Å². The van der Waals surface area contributed by atoms with Gasteiger partial charge >= 0.3 is 0 Å². The first kappa shape index (κ1) is 11.6. The van der Waals surface area contributed by atoms with E-state index in [0.717, 1.165) is 29.8 Å². The van der Waals surface area contributed by atoms with E-state index < -0.39 is 0 Å². The van der Waals surface area contributed by atoms with E-state index in [1.165, 1.54) is 17.7 Å². The third kappa shape index (κ3) is 2.12. The van der Waals surface area contributed by atoms with E-state index in [0.29, 0.717) is 0 Å². The molecule has 3 rings (SSSR count). The minimum Gasteiger partial charge on any atom is -0.284 e. The van der Waals surface area contributed by atoms with Crippen LogP contribution in [0.15, 0.2) is 53.5 Å². The monoisotopic (exact) mass is 252 g/mol. The van der Waals surface area contributed by atoms with E-state index in [4.69, 9.17) is 0 Å². The van der Waals surface area contributed by atoms with E-state index in [1.54, 1.807) is 12.1 Å². The van der Waals surface area contributed by atoms with Crippen molar-refractivity contribution in [2.24, 2.45) is 4.99 Å². The molecule has 0 saturated carbocycles. The third-order valence-corrected chi connectivity index (χ3v) is 3.28. The summed E-state index contributed by atoms with van der Waals surface area (Å²) in [6.07, 6.45) is 0.951. The van der Waals surface area contributed by atoms with Gasteiger partial charge in [-0.15, -0.1) is 0 Å².